The van der Waals surface area contributed by atoms with Gasteiger partial charge in [0.25, 0.3) is 0 Å². The van der Waals surface area contributed by atoms with Gasteiger partial charge in [0.15, 0.2) is 0 Å². The van der Waals surface area contributed by atoms with Crippen molar-refractivity contribution in [2.75, 3.05) is 14.2 Å². The molecule has 0 spiro atoms. The van der Waals surface area contributed by atoms with E-state index in [-0.39, 0.29) is 18.0 Å². The van der Waals surface area contributed by atoms with Crippen molar-refractivity contribution in [3.05, 3.63) is 58.1 Å². The summed E-state index contributed by atoms with van der Waals surface area (Å²) in [7, 11) is 3.27. The normalized spacial score (nSPS) is 13.0. The van der Waals surface area contributed by atoms with E-state index in [1.165, 1.54) is 0 Å². The molecule has 2 N–H and O–H groups in total. The van der Waals surface area contributed by atoms with E-state index in [2.05, 4.69) is 26.6 Å². The van der Waals surface area contributed by atoms with E-state index in [0.717, 1.165) is 27.1 Å². The molecule has 26 heavy (non-hydrogen) atoms. The number of halogens is 1. The highest BCUT2D eigenvalue weighted by atomic mass is 79.9. The molecular weight excluding hydrogens is 396 g/mol. The third kappa shape index (κ3) is 5.47. The van der Waals surface area contributed by atoms with Crippen molar-refractivity contribution >= 4 is 21.8 Å². The van der Waals surface area contributed by atoms with Crippen LogP contribution in [0.15, 0.2) is 46.9 Å². The summed E-state index contributed by atoms with van der Waals surface area (Å²) in [6.45, 7) is 4.37. The van der Waals surface area contributed by atoms with Crippen molar-refractivity contribution < 1.29 is 14.3 Å². The Morgan fingerprint density at radius 3 is 2.35 bits per heavy atom. The molecule has 0 radical (unpaired) electrons. The van der Waals surface area contributed by atoms with Crippen molar-refractivity contribution in [1.82, 2.24) is 10.6 Å². The number of benzene rings is 2. The summed E-state index contributed by atoms with van der Waals surface area (Å²) in [6, 6.07) is 13.2. The second-order valence-electron chi connectivity index (χ2n) is 6.07. The van der Waals surface area contributed by atoms with Gasteiger partial charge in [-0.25, -0.2) is 0 Å². The quantitative estimate of drug-likeness (QED) is 0.681. The maximum atomic E-state index is 12.3. The van der Waals surface area contributed by atoms with Crippen molar-refractivity contribution in [1.29, 1.82) is 0 Å². The Morgan fingerprint density at radius 1 is 1.08 bits per heavy atom. The first-order valence-electron chi connectivity index (χ1n) is 8.44. The molecule has 2 aromatic carbocycles. The summed E-state index contributed by atoms with van der Waals surface area (Å²) in [6.07, 6.45) is 0. The predicted molar refractivity (Wildman–Crippen MR) is 107 cm³/mol. The summed E-state index contributed by atoms with van der Waals surface area (Å²) in [5, 5.41) is 6.27. The maximum Gasteiger partial charge on any atom is 0.237 e. The van der Waals surface area contributed by atoms with E-state index in [0.29, 0.717) is 6.54 Å². The summed E-state index contributed by atoms with van der Waals surface area (Å²) < 4.78 is 11.3. The Balaban J connectivity index is 1.88. The first-order valence-corrected chi connectivity index (χ1v) is 9.24. The molecule has 0 aliphatic carbocycles. The number of carbonyl (C=O) groups is 1. The number of rotatable bonds is 8. The molecule has 2 aromatic rings. The van der Waals surface area contributed by atoms with Crippen LogP contribution in [0.3, 0.4) is 0 Å². The Kier molecular flexibility index (Phi) is 7.48. The maximum absolute atomic E-state index is 12.3. The largest absolute Gasteiger partial charge is 0.497 e. The lowest BCUT2D eigenvalue weighted by Crippen LogP contribution is -2.42. The minimum Gasteiger partial charge on any atom is -0.497 e. The fourth-order valence-electron chi connectivity index (χ4n) is 2.58. The molecule has 5 nitrogen and oxygen atoms in total. The lowest BCUT2D eigenvalue weighted by Gasteiger charge is -2.20. The zero-order valence-corrected chi connectivity index (χ0v) is 17.1. The minimum atomic E-state index is -0.316. The topological polar surface area (TPSA) is 59.6 Å². The van der Waals surface area contributed by atoms with Crippen molar-refractivity contribution in [3.63, 3.8) is 0 Å². The molecule has 0 aliphatic rings. The minimum absolute atomic E-state index is 0.0268. The zero-order valence-electron chi connectivity index (χ0n) is 15.5. The number of methoxy groups -OCH3 is 2. The molecule has 0 saturated heterocycles. The molecule has 2 rings (SSSR count). The summed E-state index contributed by atoms with van der Waals surface area (Å²) >= 11 is 3.49. The standard InChI is InChI=1S/C20H25BrN2O3/c1-13(16-7-10-19(26-4)18(21)11-16)23-14(2)20(24)22-12-15-5-8-17(25-3)9-6-15/h5-11,13-14,23H,12H2,1-4H3,(H,22,24)/t13-,14+/m1/s1. The first-order chi connectivity index (χ1) is 12.4. The number of amides is 1. The molecule has 0 fully saturated rings. The lowest BCUT2D eigenvalue weighted by atomic mass is 10.1. The molecular formula is C20H25BrN2O3. The van der Waals surface area contributed by atoms with Gasteiger partial charge in [-0.2, -0.15) is 0 Å². The van der Waals surface area contributed by atoms with E-state index >= 15 is 0 Å². The van der Waals surface area contributed by atoms with Gasteiger partial charge in [-0.3, -0.25) is 10.1 Å². The molecule has 0 aromatic heterocycles. The van der Waals surface area contributed by atoms with Gasteiger partial charge in [0.05, 0.1) is 24.7 Å². The van der Waals surface area contributed by atoms with Crippen LogP contribution < -0.4 is 20.1 Å². The summed E-state index contributed by atoms with van der Waals surface area (Å²) in [5.74, 6) is 1.54. The monoisotopic (exact) mass is 420 g/mol. The van der Waals surface area contributed by atoms with Crippen LogP contribution in [-0.4, -0.2) is 26.2 Å². The van der Waals surface area contributed by atoms with Crippen LogP contribution >= 0.6 is 15.9 Å². The van der Waals surface area contributed by atoms with Crippen molar-refractivity contribution in [2.45, 2.75) is 32.5 Å². The second-order valence-corrected chi connectivity index (χ2v) is 6.92. The van der Waals surface area contributed by atoms with Crippen LogP contribution in [0.25, 0.3) is 0 Å². The van der Waals surface area contributed by atoms with E-state index in [9.17, 15) is 4.79 Å². The number of carbonyl (C=O) groups excluding carboxylic acids is 1. The summed E-state index contributed by atoms with van der Waals surface area (Å²) in [4.78, 5) is 12.3. The second kappa shape index (κ2) is 9.59. The van der Waals surface area contributed by atoms with Gasteiger partial charge in [0.2, 0.25) is 5.91 Å². The summed E-state index contributed by atoms with van der Waals surface area (Å²) in [5.41, 5.74) is 2.10. The molecule has 0 aliphatic heterocycles. The highest BCUT2D eigenvalue weighted by Crippen LogP contribution is 2.28. The molecule has 0 unspecified atom stereocenters. The van der Waals surface area contributed by atoms with Gasteiger partial charge < -0.3 is 14.8 Å². The van der Waals surface area contributed by atoms with Crippen LogP contribution in [0.5, 0.6) is 11.5 Å². The fraction of sp³-hybridized carbons (Fsp3) is 0.350. The first kappa shape index (κ1) is 20.3. The van der Waals surface area contributed by atoms with Crippen LogP contribution in [0.1, 0.15) is 31.0 Å². The van der Waals surface area contributed by atoms with Gasteiger partial charge in [-0.05, 0) is 65.2 Å². The molecule has 1 amide bonds. The SMILES string of the molecule is COc1ccc(CNC(=O)[C@H](C)N[C@H](C)c2ccc(OC)c(Br)c2)cc1. The Bertz CT molecular complexity index is 734. The Labute approximate surface area is 163 Å². The third-order valence-electron chi connectivity index (χ3n) is 4.19. The van der Waals surface area contributed by atoms with Gasteiger partial charge in [0.1, 0.15) is 11.5 Å². The van der Waals surface area contributed by atoms with E-state index in [4.69, 9.17) is 9.47 Å². The van der Waals surface area contributed by atoms with Crippen molar-refractivity contribution in [3.8, 4) is 11.5 Å². The third-order valence-corrected chi connectivity index (χ3v) is 4.81. The molecule has 2 atom stereocenters. The molecule has 140 valence electrons. The van der Waals surface area contributed by atoms with E-state index < -0.39 is 0 Å². The fourth-order valence-corrected chi connectivity index (χ4v) is 3.14. The van der Waals surface area contributed by atoms with Gasteiger partial charge >= 0.3 is 0 Å². The van der Waals surface area contributed by atoms with Crippen LogP contribution in [0, 0.1) is 0 Å². The Morgan fingerprint density at radius 2 is 1.77 bits per heavy atom. The highest BCUT2D eigenvalue weighted by Gasteiger charge is 2.16. The van der Waals surface area contributed by atoms with Gasteiger partial charge in [-0.15, -0.1) is 0 Å². The average molecular weight is 421 g/mol. The van der Waals surface area contributed by atoms with Crippen LogP contribution in [0.4, 0.5) is 0 Å². The van der Waals surface area contributed by atoms with Gasteiger partial charge in [0, 0.05) is 12.6 Å². The molecule has 6 heteroatoms. The van der Waals surface area contributed by atoms with Crippen LogP contribution in [0.2, 0.25) is 0 Å². The highest BCUT2D eigenvalue weighted by molar-refractivity contribution is 9.10. The number of hydrogen-bond acceptors (Lipinski definition) is 4. The lowest BCUT2D eigenvalue weighted by molar-refractivity contribution is -0.123. The average Bonchev–Trinajstić information content (AvgIpc) is 2.66. The number of nitrogens with one attached hydrogen (secondary N) is 2. The zero-order chi connectivity index (χ0) is 19.1. The molecule has 0 heterocycles. The smallest absolute Gasteiger partial charge is 0.237 e. The number of hydrogen-bond donors (Lipinski definition) is 2. The van der Waals surface area contributed by atoms with Crippen molar-refractivity contribution in [2.24, 2.45) is 0 Å². The van der Waals surface area contributed by atoms with Crippen LogP contribution in [-0.2, 0) is 11.3 Å². The Hall–Kier alpha value is -2.05. The van der Waals surface area contributed by atoms with E-state index in [1.807, 2.05) is 56.3 Å². The van der Waals surface area contributed by atoms with Gasteiger partial charge in [-0.1, -0.05) is 18.2 Å². The molecule has 0 bridgehead atoms. The molecule has 0 saturated carbocycles. The number of ether oxygens (including phenoxy) is 2. The van der Waals surface area contributed by atoms with E-state index in [1.54, 1.807) is 14.2 Å². The predicted octanol–water partition coefficient (Wildman–Crippen LogP) is 3.82.